The maximum absolute atomic E-state index is 12.2. The first-order valence-corrected chi connectivity index (χ1v) is 6.97. The number of aliphatic carboxylic acids is 1. The average molecular weight is 269 g/mol. The van der Waals surface area contributed by atoms with Gasteiger partial charge in [0.15, 0.2) is 0 Å². The van der Waals surface area contributed by atoms with E-state index in [1.807, 2.05) is 20.8 Å². The van der Waals surface area contributed by atoms with Crippen LogP contribution in [0.4, 0.5) is 4.79 Å². The normalized spacial score (nSPS) is 25.8. The lowest BCUT2D eigenvalue weighted by molar-refractivity contribution is -0.137. The summed E-state index contributed by atoms with van der Waals surface area (Å²) in [5.41, 5.74) is -0.542. The van der Waals surface area contributed by atoms with Gasteiger partial charge >= 0.3 is 12.1 Å². The fourth-order valence-electron chi connectivity index (χ4n) is 2.90. The number of hydrogen-bond acceptors (Lipinski definition) is 3. The molecule has 19 heavy (non-hydrogen) atoms. The van der Waals surface area contributed by atoms with Crippen molar-refractivity contribution >= 4 is 12.1 Å². The van der Waals surface area contributed by atoms with Crippen LogP contribution in [-0.2, 0) is 9.53 Å². The molecule has 5 nitrogen and oxygen atoms in total. The third-order valence-corrected chi connectivity index (χ3v) is 3.85. The maximum atomic E-state index is 12.2. The molecule has 1 N–H and O–H groups in total. The van der Waals surface area contributed by atoms with Gasteiger partial charge in [0.25, 0.3) is 0 Å². The molecule has 2 aliphatic rings. The van der Waals surface area contributed by atoms with E-state index in [4.69, 9.17) is 9.84 Å². The highest BCUT2D eigenvalue weighted by Gasteiger charge is 2.48. The molecule has 0 aliphatic heterocycles. The van der Waals surface area contributed by atoms with Gasteiger partial charge in [-0.3, -0.25) is 4.79 Å². The SMILES string of the molecule is CC(C)(C)OC(=O)N(CCC(=O)O)C1C[C@H]2C[C@@H]2C1. The van der Waals surface area contributed by atoms with Crippen molar-refractivity contribution in [2.24, 2.45) is 11.8 Å². The van der Waals surface area contributed by atoms with Crippen molar-refractivity contribution in [3.8, 4) is 0 Å². The van der Waals surface area contributed by atoms with Gasteiger partial charge < -0.3 is 14.7 Å². The number of hydrogen-bond donors (Lipinski definition) is 1. The molecule has 0 heterocycles. The molecule has 5 heteroatoms. The van der Waals surface area contributed by atoms with Crippen molar-refractivity contribution in [2.75, 3.05) is 6.54 Å². The molecule has 2 fully saturated rings. The Hall–Kier alpha value is -1.26. The summed E-state index contributed by atoms with van der Waals surface area (Å²) in [5, 5.41) is 8.80. The van der Waals surface area contributed by atoms with Gasteiger partial charge in [-0.15, -0.1) is 0 Å². The minimum Gasteiger partial charge on any atom is -0.481 e. The number of carbonyl (C=O) groups excluding carboxylic acids is 1. The number of carboxylic acids is 1. The number of ether oxygens (including phenoxy) is 1. The lowest BCUT2D eigenvalue weighted by Crippen LogP contribution is -2.43. The van der Waals surface area contributed by atoms with Gasteiger partial charge in [0.1, 0.15) is 5.60 Å². The fourth-order valence-corrected chi connectivity index (χ4v) is 2.90. The highest BCUT2D eigenvalue weighted by Crippen LogP contribution is 2.53. The summed E-state index contributed by atoms with van der Waals surface area (Å²) in [6, 6.07) is 0.165. The Morgan fingerprint density at radius 3 is 2.26 bits per heavy atom. The van der Waals surface area contributed by atoms with E-state index in [9.17, 15) is 9.59 Å². The van der Waals surface area contributed by atoms with Crippen LogP contribution < -0.4 is 0 Å². The molecule has 0 bridgehead atoms. The first kappa shape index (κ1) is 14.2. The Morgan fingerprint density at radius 2 is 1.79 bits per heavy atom. The number of amides is 1. The summed E-state index contributed by atoms with van der Waals surface area (Å²) in [5.74, 6) is 0.622. The van der Waals surface area contributed by atoms with Crippen molar-refractivity contribution < 1.29 is 19.4 Å². The van der Waals surface area contributed by atoms with E-state index in [0.29, 0.717) is 0 Å². The first-order chi connectivity index (χ1) is 8.76. The Bertz CT molecular complexity index is 364. The summed E-state index contributed by atoms with van der Waals surface area (Å²) in [6.07, 6.45) is 2.88. The highest BCUT2D eigenvalue weighted by molar-refractivity contribution is 5.71. The molecule has 0 spiro atoms. The van der Waals surface area contributed by atoms with E-state index in [1.165, 1.54) is 6.42 Å². The van der Waals surface area contributed by atoms with Crippen LogP contribution in [0.1, 0.15) is 46.5 Å². The second-order valence-corrected chi connectivity index (χ2v) is 6.70. The van der Waals surface area contributed by atoms with Crippen LogP contribution in [0.25, 0.3) is 0 Å². The van der Waals surface area contributed by atoms with E-state index in [2.05, 4.69) is 0 Å². The number of carbonyl (C=O) groups is 2. The second-order valence-electron chi connectivity index (χ2n) is 6.70. The summed E-state index contributed by atoms with van der Waals surface area (Å²) in [4.78, 5) is 24.5. The lowest BCUT2D eigenvalue weighted by atomic mass is 10.1. The maximum Gasteiger partial charge on any atom is 0.410 e. The van der Waals surface area contributed by atoms with Gasteiger partial charge in [-0.2, -0.15) is 0 Å². The summed E-state index contributed by atoms with van der Waals surface area (Å²) in [6.45, 7) is 5.72. The topological polar surface area (TPSA) is 66.8 Å². The number of carboxylic acid groups (broad SMARTS) is 1. The average Bonchev–Trinajstić information content (AvgIpc) is 2.83. The Balaban J connectivity index is 1.96. The standard InChI is InChI=1S/C14H23NO4/c1-14(2,3)19-13(18)15(5-4-12(16)17)11-7-9-6-10(9)8-11/h9-11H,4-8H2,1-3H3,(H,16,17)/t9-,10-/m1/s1. The quantitative estimate of drug-likeness (QED) is 0.851. The minimum atomic E-state index is -0.878. The van der Waals surface area contributed by atoms with Crippen molar-refractivity contribution in [3.63, 3.8) is 0 Å². The van der Waals surface area contributed by atoms with Gasteiger partial charge in [-0.25, -0.2) is 4.79 Å². The van der Waals surface area contributed by atoms with Crippen molar-refractivity contribution in [1.29, 1.82) is 0 Å². The van der Waals surface area contributed by atoms with Gasteiger partial charge in [-0.05, 0) is 51.9 Å². The molecule has 0 aromatic rings. The zero-order valence-corrected chi connectivity index (χ0v) is 11.9. The molecular formula is C14H23NO4. The molecule has 2 aliphatic carbocycles. The van der Waals surface area contributed by atoms with Crippen LogP contribution in [0.15, 0.2) is 0 Å². The van der Waals surface area contributed by atoms with Crippen LogP contribution in [0.3, 0.4) is 0 Å². The van der Waals surface area contributed by atoms with Crippen LogP contribution in [0.5, 0.6) is 0 Å². The number of nitrogens with zero attached hydrogens (tertiary/aromatic N) is 1. The van der Waals surface area contributed by atoms with Gasteiger partial charge in [0.2, 0.25) is 0 Å². The van der Waals surface area contributed by atoms with E-state index in [1.54, 1.807) is 4.90 Å². The van der Waals surface area contributed by atoms with E-state index in [0.717, 1.165) is 24.7 Å². The third-order valence-electron chi connectivity index (χ3n) is 3.85. The predicted molar refractivity (Wildman–Crippen MR) is 69.8 cm³/mol. The Morgan fingerprint density at radius 1 is 1.21 bits per heavy atom. The fraction of sp³-hybridized carbons (Fsp3) is 0.857. The Kier molecular flexibility index (Phi) is 3.74. The molecular weight excluding hydrogens is 246 g/mol. The molecule has 0 saturated heterocycles. The molecule has 0 radical (unpaired) electrons. The summed E-state index contributed by atoms with van der Waals surface area (Å²) >= 11 is 0. The van der Waals surface area contributed by atoms with Crippen LogP contribution in [-0.4, -0.2) is 40.3 Å². The molecule has 1 amide bonds. The molecule has 2 saturated carbocycles. The van der Waals surface area contributed by atoms with Gasteiger partial charge in [-0.1, -0.05) is 0 Å². The summed E-state index contributed by atoms with van der Waals surface area (Å²) in [7, 11) is 0. The molecule has 108 valence electrons. The van der Waals surface area contributed by atoms with Crippen LogP contribution in [0.2, 0.25) is 0 Å². The molecule has 0 unspecified atom stereocenters. The van der Waals surface area contributed by atoms with Crippen molar-refractivity contribution in [2.45, 2.75) is 58.1 Å². The molecule has 0 aromatic heterocycles. The molecule has 2 rings (SSSR count). The molecule has 2 atom stereocenters. The largest absolute Gasteiger partial charge is 0.481 e. The summed E-state index contributed by atoms with van der Waals surface area (Å²) < 4.78 is 5.39. The minimum absolute atomic E-state index is 0.0227. The van der Waals surface area contributed by atoms with E-state index >= 15 is 0 Å². The highest BCUT2D eigenvalue weighted by atomic mass is 16.6. The monoisotopic (exact) mass is 269 g/mol. The third kappa shape index (κ3) is 3.85. The zero-order valence-electron chi connectivity index (χ0n) is 11.9. The molecule has 0 aromatic carbocycles. The van der Waals surface area contributed by atoms with Crippen LogP contribution >= 0.6 is 0 Å². The smallest absolute Gasteiger partial charge is 0.410 e. The predicted octanol–water partition coefficient (Wildman–Crippen LogP) is 2.50. The Labute approximate surface area is 113 Å². The number of rotatable bonds is 4. The van der Waals surface area contributed by atoms with Gasteiger partial charge in [0.05, 0.1) is 6.42 Å². The van der Waals surface area contributed by atoms with Crippen molar-refractivity contribution in [1.82, 2.24) is 4.90 Å². The van der Waals surface area contributed by atoms with E-state index < -0.39 is 11.6 Å². The first-order valence-electron chi connectivity index (χ1n) is 6.97. The van der Waals surface area contributed by atoms with Gasteiger partial charge in [0, 0.05) is 12.6 Å². The zero-order chi connectivity index (χ0) is 14.2. The van der Waals surface area contributed by atoms with Crippen molar-refractivity contribution in [3.05, 3.63) is 0 Å². The lowest BCUT2D eigenvalue weighted by Gasteiger charge is -2.32. The van der Waals surface area contributed by atoms with E-state index in [-0.39, 0.29) is 25.1 Å². The van der Waals surface area contributed by atoms with Crippen LogP contribution in [0, 0.1) is 11.8 Å². The second kappa shape index (κ2) is 5.02. The number of fused-ring (bicyclic) bond motifs is 1.